The van der Waals surface area contributed by atoms with Gasteiger partial charge >= 0.3 is 0 Å². The zero-order chi connectivity index (χ0) is 54.0. The molecule has 20 nitrogen and oxygen atoms in total. The van der Waals surface area contributed by atoms with Gasteiger partial charge in [0.25, 0.3) is 0 Å². The Labute approximate surface area is 451 Å². The van der Waals surface area contributed by atoms with Gasteiger partial charge in [-0.2, -0.15) is 0 Å². The van der Waals surface area contributed by atoms with Gasteiger partial charge in [-0.1, -0.05) is 6.58 Å². The average molecular weight is 1060 g/mol. The summed E-state index contributed by atoms with van der Waals surface area (Å²) in [4.78, 5) is 31.3. The van der Waals surface area contributed by atoms with Gasteiger partial charge in [-0.25, -0.2) is 0 Å². The first-order valence-electron chi connectivity index (χ1n) is 26.6. The van der Waals surface area contributed by atoms with Gasteiger partial charge in [0.1, 0.15) is 0 Å². The van der Waals surface area contributed by atoms with Crippen molar-refractivity contribution in [3.05, 3.63) is 105 Å². The minimum absolute atomic E-state index is 0.128. The zero-order valence-electron chi connectivity index (χ0n) is 44.4. The molecule has 0 spiro atoms. The van der Waals surface area contributed by atoms with Crippen LogP contribution in [-0.4, -0.2) is 148 Å². The maximum absolute atomic E-state index is 11.2. The number of hydrogen-bond acceptors (Lipinski definition) is 20. The van der Waals surface area contributed by atoms with Crippen molar-refractivity contribution in [3.8, 4) is 0 Å². The molecule has 2 bridgehead atoms. The van der Waals surface area contributed by atoms with Crippen molar-refractivity contribution in [2.45, 2.75) is 94.6 Å². The third-order valence-corrected chi connectivity index (χ3v) is 16.4. The highest BCUT2D eigenvalue weighted by Crippen LogP contribution is 2.41. The topological polar surface area (TPSA) is 287 Å². The molecule has 6 aliphatic rings. The predicted octanol–water partition coefficient (Wildman–Crippen LogP) is 5.33. The Morgan fingerprint density at radius 1 is 0.513 bits per heavy atom. The highest BCUT2D eigenvalue weighted by Gasteiger charge is 2.41. The van der Waals surface area contributed by atoms with Gasteiger partial charge in [-0.05, 0) is 94.5 Å². The summed E-state index contributed by atoms with van der Waals surface area (Å²) in [5.74, 6) is 2.84. The molecule has 5 aromatic rings. The van der Waals surface area contributed by atoms with Crippen LogP contribution in [0.4, 0.5) is 56.9 Å². The second kappa shape index (κ2) is 28.5. The van der Waals surface area contributed by atoms with E-state index in [2.05, 4.69) is 56.0 Å². The lowest BCUT2D eigenvalue weighted by Crippen LogP contribution is -2.45. The normalized spacial score (nSPS) is 21.1. The Morgan fingerprint density at radius 2 is 0.855 bits per heavy atom. The number of methoxy groups -OCH3 is 2. The summed E-state index contributed by atoms with van der Waals surface area (Å²) < 4.78 is 21.7. The molecule has 12 N–H and O–H groups in total. The molecule has 6 fully saturated rings. The molecule has 0 amide bonds. The molecule has 6 saturated heterocycles. The van der Waals surface area contributed by atoms with Crippen LogP contribution < -0.4 is 53.2 Å². The van der Waals surface area contributed by atoms with Crippen molar-refractivity contribution in [1.82, 2.24) is 24.9 Å². The molecule has 412 valence electrons. The Balaban J connectivity index is 0.000000139. The highest BCUT2D eigenvalue weighted by molar-refractivity contribution is 7.85. The third kappa shape index (κ3) is 15.7. The quantitative estimate of drug-likeness (QED) is 0.0966. The Hall–Kier alpha value is -6.68. The second-order valence-electron chi connectivity index (χ2n) is 20.0. The summed E-state index contributed by atoms with van der Waals surface area (Å²) in [6.45, 7) is 11.3. The molecule has 0 aromatic carbocycles. The number of hydrogen-bond donors (Lipinski definition) is 7. The van der Waals surface area contributed by atoms with Crippen molar-refractivity contribution in [3.63, 3.8) is 0 Å². The molecule has 21 heteroatoms. The Kier molecular flexibility index (Phi) is 21.4. The minimum atomic E-state index is -0.639. The van der Waals surface area contributed by atoms with E-state index in [-0.39, 0.29) is 12.2 Å². The number of anilines is 10. The number of aliphatic hydroxyl groups is 2. The Morgan fingerprint density at radius 3 is 1.21 bits per heavy atom. The van der Waals surface area contributed by atoms with Gasteiger partial charge in [-0.15, -0.1) is 0 Å². The van der Waals surface area contributed by atoms with Crippen molar-refractivity contribution in [2.24, 2.45) is 5.92 Å². The summed E-state index contributed by atoms with van der Waals surface area (Å²) in [5.41, 5.74) is 38.4. The molecule has 2 atom stereocenters. The SMILES string of the molecule is C=C(OC)C1CCN(c2ccncc2N)CC1.COC1CCN(c2ccncc2N)CC1.Nc1cnccc1N1C2CCC1CC(O)C2.Nc1cnccc1N1CCC(O)CC1.Nc1cnccc1N1CCS(=O)CC1. The molecule has 0 aliphatic carbocycles. The minimum Gasteiger partial charge on any atom is -0.501 e. The van der Waals surface area contributed by atoms with Crippen molar-refractivity contribution < 1.29 is 23.9 Å². The number of fused-ring (bicyclic) bond motifs is 2. The van der Waals surface area contributed by atoms with Crippen molar-refractivity contribution in [2.75, 3.05) is 131 Å². The van der Waals surface area contributed by atoms with E-state index in [4.69, 9.17) is 38.1 Å². The number of nitrogen functional groups attached to an aromatic ring is 5. The van der Waals surface area contributed by atoms with Crippen LogP contribution in [0.5, 0.6) is 0 Å². The van der Waals surface area contributed by atoms with Gasteiger partial charge < -0.3 is 72.9 Å². The molecule has 11 heterocycles. The molecule has 76 heavy (non-hydrogen) atoms. The number of aliphatic hydroxyl groups excluding tert-OH is 2. The number of aromatic nitrogens is 5. The fourth-order valence-corrected chi connectivity index (χ4v) is 11.9. The number of rotatable bonds is 8. The monoisotopic (exact) mass is 1060 g/mol. The maximum Gasteiger partial charge on any atom is 0.0916 e. The number of piperidine rings is 4. The third-order valence-electron chi connectivity index (χ3n) is 15.1. The summed E-state index contributed by atoms with van der Waals surface area (Å²) in [6.07, 6.45) is 27.4. The average Bonchev–Trinajstić information content (AvgIpc) is 3.72. The standard InChI is InChI=1S/C13H19N3O.C12H17N3O.C11H17N3O.C10H15N3O.C9H13N3OS/c1-10(17-2)11-4-7-16(8-5-11)13-3-6-15-9-12(13)14;13-11-7-14-4-3-12(11)15-8-1-2-9(15)6-10(16)5-8;1-15-9-3-6-14(7-4-9)11-2-5-13-8-10(11)12;11-9-7-12-4-1-10(9)13-5-2-8(14)3-6-13;10-8-7-11-2-1-9(8)12-3-5-14(13)6-4-12/h3,6,9,11H,1,4-5,7-8,14H2,2H3;3-4,7-10,16H,1-2,5-6,13H2;2,5,8-9H,3-4,6-7,12H2,1H3;1,4,7-8,14H,2-3,5-6,11H2;1-2,7H,3-6,10H2. The van der Waals surface area contributed by atoms with Crippen molar-refractivity contribution >= 4 is 67.7 Å². The lowest BCUT2D eigenvalue weighted by molar-refractivity contribution is 0.0819. The lowest BCUT2D eigenvalue weighted by Gasteiger charge is -2.39. The van der Waals surface area contributed by atoms with E-state index in [1.54, 1.807) is 76.2 Å². The molecule has 2 unspecified atom stereocenters. The first kappa shape index (κ1) is 57.0. The van der Waals surface area contributed by atoms with Crippen LogP contribution in [0, 0.1) is 5.92 Å². The number of nitrogens with zero attached hydrogens (tertiary/aromatic N) is 10. The Bertz CT molecular complexity index is 2570. The first-order valence-corrected chi connectivity index (χ1v) is 28.0. The van der Waals surface area contributed by atoms with E-state index in [1.807, 2.05) is 30.3 Å². The van der Waals surface area contributed by atoms with E-state index in [9.17, 15) is 14.4 Å². The van der Waals surface area contributed by atoms with Crippen LogP contribution >= 0.6 is 0 Å². The van der Waals surface area contributed by atoms with E-state index < -0.39 is 10.8 Å². The summed E-state index contributed by atoms with van der Waals surface area (Å²) in [6, 6.07) is 10.7. The van der Waals surface area contributed by atoms with Gasteiger partial charge in [0.15, 0.2) is 0 Å². The van der Waals surface area contributed by atoms with Gasteiger partial charge in [0.2, 0.25) is 0 Å². The van der Waals surface area contributed by atoms with Crippen LogP contribution in [0.2, 0.25) is 0 Å². The summed E-state index contributed by atoms with van der Waals surface area (Å²) in [5, 5.41) is 19.1. The van der Waals surface area contributed by atoms with Crippen LogP contribution in [0.25, 0.3) is 0 Å². The lowest BCUT2D eigenvalue weighted by atomic mass is 9.95. The number of allylic oxidation sites excluding steroid dienone is 1. The predicted molar refractivity (Wildman–Crippen MR) is 309 cm³/mol. The fourth-order valence-electron chi connectivity index (χ4n) is 10.9. The molecule has 0 radical (unpaired) electrons. The van der Waals surface area contributed by atoms with E-state index >= 15 is 0 Å². The van der Waals surface area contributed by atoms with Crippen molar-refractivity contribution in [1.29, 1.82) is 0 Å². The molecule has 0 saturated carbocycles. The van der Waals surface area contributed by atoms with E-state index in [0.717, 1.165) is 166 Å². The maximum atomic E-state index is 11.2. The smallest absolute Gasteiger partial charge is 0.0916 e. The van der Waals surface area contributed by atoms with Crippen LogP contribution in [0.15, 0.2) is 105 Å². The molecule has 11 rings (SSSR count). The van der Waals surface area contributed by atoms with Gasteiger partial charge in [-0.3, -0.25) is 29.1 Å². The summed E-state index contributed by atoms with van der Waals surface area (Å²) >= 11 is 0. The molecular formula is C55H81N15O5S. The van der Waals surface area contributed by atoms with E-state index in [1.165, 1.54) is 12.8 Å². The van der Waals surface area contributed by atoms with Crippen LogP contribution in [0.1, 0.15) is 64.2 Å². The number of nitrogens with two attached hydrogens (primary N) is 5. The number of pyridine rings is 5. The van der Waals surface area contributed by atoms with Crippen LogP contribution in [-0.2, 0) is 20.3 Å². The second-order valence-corrected chi connectivity index (χ2v) is 21.7. The molecular weight excluding hydrogens is 983 g/mol. The molecule has 6 aliphatic heterocycles. The van der Waals surface area contributed by atoms with Crippen LogP contribution in [0.3, 0.4) is 0 Å². The molecule has 5 aromatic heterocycles. The van der Waals surface area contributed by atoms with E-state index in [0.29, 0.717) is 35.5 Å². The highest BCUT2D eigenvalue weighted by atomic mass is 32.2. The first-order chi connectivity index (χ1) is 36.8. The fraction of sp³-hybridized carbons (Fsp3) is 0.509. The zero-order valence-corrected chi connectivity index (χ0v) is 45.2. The summed E-state index contributed by atoms with van der Waals surface area (Å²) in [7, 11) is 2.83. The van der Waals surface area contributed by atoms with Gasteiger partial charge in [0, 0.05) is 131 Å². The number of ether oxygens (including phenoxy) is 2. The largest absolute Gasteiger partial charge is 0.501 e. The van der Waals surface area contributed by atoms with Gasteiger partial charge in [0.05, 0.1) is 119 Å².